The summed E-state index contributed by atoms with van der Waals surface area (Å²) in [5.41, 5.74) is 0. The van der Waals surface area contributed by atoms with Crippen LogP contribution in [-0.4, -0.2) is 25.5 Å². The van der Waals surface area contributed by atoms with Gasteiger partial charge >= 0.3 is 5.97 Å². The number of carbonyl (C=O) groups is 1. The molecule has 0 spiro atoms. The van der Waals surface area contributed by atoms with Crippen LogP contribution in [0.4, 0.5) is 0 Å². The monoisotopic (exact) mass is 440 g/mol. The fourth-order valence-corrected chi connectivity index (χ4v) is 5.07. The molecular formula is C16H30Br2O2Si. The summed E-state index contributed by atoms with van der Waals surface area (Å²) in [5, 5.41) is 0. The average Bonchev–Trinajstić information content (AvgIpc) is 2.44. The molecule has 0 aliphatic rings. The topological polar surface area (TPSA) is 26.3 Å². The molecule has 2 nitrogen and oxygen atoms in total. The summed E-state index contributed by atoms with van der Waals surface area (Å²) in [6.45, 7) is 2.39. The van der Waals surface area contributed by atoms with Crippen molar-refractivity contribution in [2.45, 2.75) is 74.1 Å². The zero-order chi connectivity index (χ0) is 15.8. The molecule has 0 saturated carbocycles. The number of esters is 1. The van der Waals surface area contributed by atoms with Crippen molar-refractivity contribution in [2.24, 2.45) is 0 Å². The molecule has 0 rings (SSSR count). The van der Waals surface area contributed by atoms with E-state index in [4.69, 9.17) is 4.74 Å². The molecule has 0 aliphatic heterocycles. The molecule has 0 aliphatic carbocycles. The van der Waals surface area contributed by atoms with Crippen molar-refractivity contribution in [1.29, 1.82) is 0 Å². The molecule has 0 unspecified atom stereocenters. The smallest absolute Gasteiger partial charge is 0.330 e. The first-order chi connectivity index (χ1) is 10.2. The predicted octanol–water partition coefficient (Wildman–Crippen LogP) is 5.28. The van der Waals surface area contributed by atoms with E-state index in [9.17, 15) is 4.79 Å². The van der Waals surface area contributed by atoms with Gasteiger partial charge in [0, 0.05) is 15.6 Å². The fraction of sp³-hybridized carbons (Fsp3) is 0.812. The Hall–Kier alpha value is 0.387. The van der Waals surface area contributed by atoms with E-state index < -0.39 is 0 Å². The largest absolute Gasteiger partial charge is 0.463 e. The Morgan fingerprint density at radius 1 is 1.00 bits per heavy atom. The van der Waals surface area contributed by atoms with Crippen LogP contribution in [0.3, 0.4) is 0 Å². The summed E-state index contributed by atoms with van der Waals surface area (Å²) < 4.78 is 5.68. The Balaban J connectivity index is 3.07. The van der Waals surface area contributed by atoms with E-state index in [1.807, 2.05) is 6.92 Å². The van der Waals surface area contributed by atoms with Crippen LogP contribution < -0.4 is 0 Å². The Labute approximate surface area is 149 Å². The van der Waals surface area contributed by atoms with Gasteiger partial charge in [0.25, 0.3) is 0 Å². The normalized spacial score (nSPS) is 12.0. The second kappa shape index (κ2) is 16.8. The van der Waals surface area contributed by atoms with Crippen molar-refractivity contribution in [3.8, 4) is 0 Å². The maximum atomic E-state index is 11.1. The number of allylic oxidation sites excluding steroid dienone is 1. The molecule has 0 fully saturated rings. The zero-order valence-corrected chi connectivity index (χ0v) is 17.9. The van der Waals surface area contributed by atoms with Crippen LogP contribution in [0.15, 0.2) is 12.2 Å². The van der Waals surface area contributed by atoms with Crippen molar-refractivity contribution in [3.05, 3.63) is 12.2 Å². The van der Waals surface area contributed by atoms with E-state index in [0.717, 1.165) is 6.42 Å². The lowest BCUT2D eigenvalue weighted by Crippen LogP contribution is -2.01. The van der Waals surface area contributed by atoms with Crippen LogP contribution in [0.1, 0.15) is 64.7 Å². The quantitative estimate of drug-likeness (QED) is 0.120. The SMILES string of the molecule is CC=CC(=O)OCCCCCCCCCCC[SiH2]C(Br)Br. The minimum absolute atomic E-state index is 0.0739. The zero-order valence-electron chi connectivity index (χ0n) is 13.3. The molecule has 124 valence electrons. The first-order valence-electron chi connectivity index (χ1n) is 8.24. The van der Waals surface area contributed by atoms with E-state index in [0.29, 0.717) is 9.97 Å². The third-order valence-corrected chi connectivity index (χ3v) is 7.46. The van der Waals surface area contributed by atoms with Gasteiger partial charge < -0.3 is 4.74 Å². The second-order valence-electron chi connectivity index (χ2n) is 5.38. The summed E-state index contributed by atoms with van der Waals surface area (Å²) >= 11 is 7.13. The van der Waals surface area contributed by atoms with E-state index >= 15 is 0 Å². The number of carbonyl (C=O) groups excluding carboxylic acids is 1. The van der Waals surface area contributed by atoms with E-state index in [-0.39, 0.29) is 15.5 Å². The van der Waals surface area contributed by atoms with E-state index in [1.165, 1.54) is 63.5 Å². The Bertz CT molecular complexity index is 271. The van der Waals surface area contributed by atoms with Crippen LogP contribution in [0.5, 0.6) is 0 Å². The highest BCUT2D eigenvalue weighted by Crippen LogP contribution is 2.13. The highest BCUT2D eigenvalue weighted by Gasteiger charge is 1.99. The van der Waals surface area contributed by atoms with Gasteiger partial charge in [0.1, 0.15) is 0 Å². The van der Waals surface area contributed by atoms with Crippen molar-refractivity contribution in [1.82, 2.24) is 0 Å². The summed E-state index contributed by atoms with van der Waals surface area (Å²) in [6, 6.07) is 1.45. The molecule has 21 heavy (non-hydrogen) atoms. The predicted molar refractivity (Wildman–Crippen MR) is 102 cm³/mol. The molecule has 0 aromatic heterocycles. The number of hydrogen-bond donors (Lipinski definition) is 0. The molecule has 0 atom stereocenters. The van der Waals surface area contributed by atoms with Gasteiger partial charge in [-0.15, -0.1) is 0 Å². The lowest BCUT2D eigenvalue weighted by atomic mass is 10.1. The Morgan fingerprint density at radius 3 is 2.05 bits per heavy atom. The summed E-state index contributed by atoms with van der Waals surface area (Å²) in [7, 11) is 0.0739. The van der Waals surface area contributed by atoms with E-state index in [2.05, 4.69) is 31.9 Å². The molecule has 0 saturated heterocycles. The molecule has 5 heteroatoms. The molecule has 0 N–H and O–H groups in total. The van der Waals surface area contributed by atoms with Crippen molar-refractivity contribution >= 4 is 47.3 Å². The van der Waals surface area contributed by atoms with Crippen LogP contribution in [0.2, 0.25) is 6.04 Å². The highest BCUT2D eigenvalue weighted by molar-refractivity contribution is 9.25. The van der Waals surface area contributed by atoms with Gasteiger partial charge in [-0.1, -0.05) is 95.3 Å². The molecular weight excluding hydrogens is 412 g/mol. The third-order valence-electron chi connectivity index (χ3n) is 3.36. The van der Waals surface area contributed by atoms with Crippen molar-refractivity contribution in [3.63, 3.8) is 0 Å². The standard InChI is InChI=1S/C16H30Br2O2Si/c1-2-12-15(19)20-13-10-8-6-4-3-5-7-9-11-14-21-16(17)18/h2,12,16H,3-11,13-14,21H2,1H3. The fourth-order valence-electron chi connectivity index (χ4n) is 2.17. The van der Waals surface area contributed by atoms with Crippen molar-refractivity contribution < 1.29 is 9.53 Å². The maximum Gasteiger partial charge on any atom is 0.330 e. The lowest BCUT2D eigenvalue weighted by Gasteiger charge is -2.04. The minimum Gasteiger partial charge on any atom is -0.463 e. The molecule has 0 aromatic rings. The van der Waals surface area contributed by atoms with Gasteiger partial charge in [-0.05, 0) is 13.3 Å². The van der Waals surface area contributed by atoms with Crippen LogP contribution in [0.25, 0.3) is 0 Å². The second-order valence-corrected chi connectivity index (χ2v) is 13.3. The summed E-state index contributed by atoms with van der Waals surface area (Å²) in [5.74, 6) is -0.216. The van der Waals surface area contributed by atoms with Gasteiger partial charge in [0.15, 0.2) is 0 Å². The third kappa shape index (κ3) is 18.3. The van der Waals surface area contributed by atoms with Gasteiger partial charge in [0.05, 0.1) is 9.97 Å². The number of halogens is 2. The van der Waals surface area contributed by atoms with Crippen LogP contribution >= 0.6 is 31.9 Å². The number of unbranched alkanes of at least 4 members (excludes halogenated alkanes) is 8. The van der Waals surface area contributed by atoms with Crippen LogP contribution in [-0.2, 0) is 9.53 Å². The number of alkyl halides is 2. The van der Waals surface area contributed by atoms with E-state index in [1.54, 1.807) is 6.08 Å². The molecule has 0 heterocycles. The lowest BCUT2D eigenvalue weighted by molar-refractivity contribution is -0.137. The van der Waals surface area contributed by atoms with Gasteiger partial charge in [-0.2, -0.15) is 0 Å². The molecule has 0 amide bonds. The molecule has 0 bridgehead atoms. The molecule has 0 aromatic carbocycles. The summed E-state index contributed by atoms with van der Waals surface area (Å²) in [6.07, 6.45) is 14.9. The van der Waals surface area contributed by atoms with Gasteiger partial charge in [0.2, 0.25) is 0 Å². The Kier molecular flexibility index (Phi) is 17.1. The van der Waals surface area contributed by atoms with Gasteiger partial charge in [-0.3, -0.25) is 0 Å². The average molecular weight is 442 g/mol. The first kappa shape index (κ1) is 21.4. The maximum absolute atomic E-state index is 11.1. The minimum atomic E-state index is -0.216. The van der Waals surface area contributed by atoms with Gasteiger partial charge in [-0.25, -0.2) is 4.79 Å². The van der Waals surface area contributed by atoms with Crippen LogP contribution in [0, 0.1) is 0 Å². The number of rotatable bonds is 14. The number of ether oxygens (including phenoxy) is 1. The Morgan fingerprint density at radius 2 is 1.52 bits per heavy atom. The molecule has 0 radical (unpaired) electrons. The number of hydrogen-bond acceptors (Lipinski definition) is 2. The first-order valence-corrected chi connectivity index (χ1v) is 11.9. The summed E-state index contributed by atoms with van der Waals surface area (Å²) in [4.78, 5) is 11.1. The van der Waals surface area contributed by atoms with Crippen molar-refractivity contribution in [2.75, 3.05) is 6.61 Å². The highest BCUT2D eigenvalue weighted by atomic mass is 79.9.